The Morgan fingerprint density at radius 1 is 1.25 bits per heavy atom. The van der Waals surface area contributed by atoms with Crippen LogP contribution in [0.5, 0.6) is 0 Å². The molecule has 0 heterocycles. The molecule has 0 aliphatic heterocycles. The Kier molecular flexibility index (Phi) is 6.05. The molecule has 20 heavy (non-hydrogen) atoms. The molecule has 2 rings (SSSR count). The molecular formula is C16H23IO2S. The molecule has 112 valence electrons. The maximum atomic E-state index is 12.4. The van der Waals surface area contributed by atoms with E-state index in [1.807, 2.05) is 24.3 Å². The lowest BCUT2D eigenvalue weighted by atomic mass is 9.75. The average molecular weight is 406 g/mol. The number of halogens is 1. The second-order valence-electron chi connectivity index (χ2n) is 6.15. The van der Waals surface area contributed by atoms with E-state index in [0.29, 0.717) is 17.8 Å². The summed E-state index contributed by atoms with van der Waals surface area (Å²) in [5.74, 6) is 1.78. The highest BCUT2D eigenvalue weighted by atomic mass is 127. The summed E-state index contributed by atoms with van der Waals surface area (Å²) in [6.07, 6.45) is 3.60. The maximum Gasteiger partial charge on any atom is 0.189 e. The first kappa shape index (κ1) is 16.4. The van der Waals surface area contributed by atoms with Gasteiger partial charge in [0.1, 0.15) is 0 Å². The lowest BCUT2D eigenvalue weighted by Gasteiger charge is -2.36. The molecule has 1 saturated carbocycles. The molecule has 4 heteroatoms. The standard InChI is InChI=1S/C16H23IO2S/c1-11(2)15-9-4-12(3)10-16(15)19-20(18)14-7-5-13(17)6-8-14/h5-8,11-12,15-16H,4,9-10H2,1-3H3. The van der Waals surface area contributed by atoms with Crippen molar-refractivity contribution in [3.63, 3.8) is 0 Å². The predicted octanol–water partition coefficient (Wildman–Crippen LogP) is 4.79. The summed E-state index contributed by atoms with van der Waals surface area (Å²) < 4.78 is 19.5. The van der Waals surface area contributed by atoms with E-state index in [1.165, 1.54) is 12.8 Å². The third kappa shape index (κ3) is 4.28. The summed E-state index contributed by atoms with van der Waals surface area (Å²) in [5, 5.41) is 0. The van der Waals surface area contributed by atoms with Crippen molar-refractivity contribution in [2.45, 2.75) is 51.0 Å². The Hall–Kier alpha value is 0.0600. The molecule has 0 bridgehead atoms. The molecule has 4 unspecified atom stereocenters. The van der Waals surface area contributed by atoms with Crippen molar-refractivity contribution >= 4 is 33.7 Å². The van der Waals surface area contributed by atoms with Gasteiger partial charge in [0.2, 0.25) is 0 Å². The van der Waals surface area contributed by atoms with E-state index < -0.39 is 11.1 Å². The molecule has 1 aliphatic rings. The van der Waals surface area contributed by atoms with Crippen LogP contribution < -0.4 is 0 Å². The molecule has 1 aromatic carbocycles. The fourth-order valence-corrected chi connectivity index (χ4v) is 4.21. The summed E-state index contributed by atoms with van der Waals surface area (Å²) in [4.78, 5) is 0.770. The molecule has 0 N–H and O–H groups in total. The largest absolute Gasteiger partial charge is 0.283 e. The van der Waals surface area contributed by atoms with E-state index in [2.05, 4.69) is 43.4 Å². The number of hydrogen-bond donors (Lipinski definition) is 0. The first-order chi connectivity index (χ1) is 9.47. The highest BCUT2D eigenvalue weighted by Gasteiger charge is 2.33. The van der Waals surface area contributed by atoms with Gasteiger partial charge in [0.05, 0.1) is 11.0 Å². The van der Waals surface area contributed by atoms with Crippen molar-refractivity contribution in [1.82, 2.24) is 0 Å². The smallest absolute Gasteiger partial charge is 0.189 e. The predicted molar refractivity (Wildman–Crippen MR) is 91.8 cm³/mol. The molecule has 2 nitrogen and oxygen atoms in total. The normalized spacial score (nSPS) is 28.6. The van der Waals surface area contributed by atoms with E-state index in [4.69, 9.17) is 4.18 Å². The fourth-order valence-electron chi connectivity index (χ4n) is 2.94. The van der Waals surface area contributed by atoms with Crippen LogP contribution >= 0.6 is 22.6 Å². The van der Waals surface area contributed by atoms with Gasteiger partial charge >= 0.3 is 0 Å². The lowest BCUT2D eigenvalue weighted by molar-refractivity contribution is 0.0567. The van der Waals surface area contributed by atoms with Crippen LogP contribution in [-0.2, 0) is 15.3 Å². The molecule has 0 saturated heterocycles. The summed E-state index contributed by atoms with van der Waals surface area (Å²) >= 11 is 0.905. The third-order valence-corrected chi connectivity index (χ3v) is 5.98. The molecule has 4 atom stereocenters. The molecule has 0 spiro atoms. The second-order valence-corrected chi connectivity index (χ2v) is 8.53. The van der Waals surface area contributed by atoms with Crippen molar-refractivity contribution < 1.29 is 8.39 Å². The van der Waals surface area contributed by atoms with Gasteiger partial charge in [0.25, 0.3) is 0 Å². The summed E-state index contributed by atoms with van der Waals surface area (Å²) in [6.45, 7) is 6.75. The minimum absolute atomic E-state index is 0.124. The number of rotatable bonds is 4. The van der Waals surface area contributed by atoms with Gasteiger partial charge in [-0.15, -0.1) is 0 Å². The molecule has 1 aliphatic carbocycles. The van der Waals surface area contributed by atoms with Gasteiger partial charge in [0, 0.05) is 3.57 Å². The Morgan fingerprint density at radius 3 is 2.50 bits per heavy atom. The molecule has 1 fully saturated rings. The van der Waals surface area contributed by atoms with Gasteiger partial charge in [0.15, 0.2) is 11.1 Å². The topological polar surface area (TPSA) is 26.3 Å². The van der Waals surface area contributed by atoms with E-state index in [9.17, 15) is 4.21 Å². The van der Waals surface area contributed by atoms with Gasteiger partial charge in [-0.05, 0) is 77.5 Å². The molecule has 0 radical (unpaired) electrons. The van der Waals surface area contributed by atoms with Gasteiger partial charge in [-0.3, -0.25) is 4.18 Å². The van der Waals surface area contributed by atoms with Crippen LogP contribution in [0.3, 0.4) is 0 Å². The van der Waals surface area contributed by atoms with E-state index >= 15 is 0 Å². The Morgan fingerprint density at radius 2 is 1.90 bits per heavy atom. The van der Waals surface area contributed by atoms with Crippen LogP contribution in [0.2, 0.25) is 0 Å². The molecule has 0 amide bonds. The lowest BCUT2D eigenvalue weighted by Crippen LogP contribution is -2.34. The van der Waals surface area contributed by atoms with Crippen molar-refractivity contribution in [3.8, 4) is 0 Å². The van der Waals surface area contributed by atoms with Crippen LogP contribution in [0.15, 0.2) is 29.2 Å². The van der Waals surface area contributed by atoms with E-state index in [1.54, 1.807) is 0 Å². The van der Waals surface area contributed by atoms with Crippen molar-refractivity contribution in [1.29, 1.82) is 0 Å². The average Bonchev–Trinajstić information content (AvgIpc) is 2.39. The summed E-state index contributed by atoms with van der Waals surface area (Å²) in [7, 11) is 0. The number of hydrogen-bond acceptors (Lipinski definition) is 2. The first-order valence-electron chi connectivity index (χ1n) is 7.32. The highest BCUT2D eigenvalue weighted by molar-refractivity contribution is 14.1. The summed E-state index contributed by atoms with van der Waals surface area (Å²) in [6, 6.07) is 7.74. The molecular weight excluding hydrogens is 383 g/mol. The van der Waals surface area contributed by atoms with Crippen LogP contribution in [0.1, 0.15) is 40.0 Å². The molecule has 1 aromatic rings. The number of benzene rings is 1. The van der Waals surface area contributed by atoms with Gasteiger partial charge in [-0.25, -0.2) is 4.21 Å². The minimum atomic E-state index is -1.34. The van der Waals surface area contributed by atoms with E-state index in [-0.39, 0.29) is 6.10 Å². The zero-order chi connectivity index (χ0) is 14.7. The minimum Gasteiger partial charge on any atom is -0.283 e. The van der Waals surface area contributed by atoms with Gasteiger partial charge in [-0.1, -0.05) is 27.2 Å². The van der Waals surface area contributed by atoms with Crippen LogP contribution in [-0.4, -0.2) is 10.3 Å². The molecule has 0 aromatic heterocycles. The third-order valence-electron chi connectivity index (χ3n) is 4.18. The SMILES string of the molecule is CC1CCC(C(C)C)C(OS(=O)c2ccc(I)cc2)C1. The maximum absolute atomic E-state index is 12.4. The summed E-state index contributed by atoms with van der Waals surface area (Å²) in [5.41, 5.74) is 0. The van der Waals surface area contributed by atoms with Gasteiger partial charge < -0.3 is 0 Å². The van der Waals surface area contributed by atoms with Gasteiger partial charge in [-0.2, -0.15) is 0 Å². The highest BCUT2D eigenvalue weighted by Crippen LogP contribution is 2.36. The fraction of sp³-hybridized carbons (Fsp3) is 0.625. The Bertz CT molecular complexity index is 458. The second kappa shape index (κ2) is 7.36. The van der Waals surface area contributed by atoms with Crippen LogP contribution in [0.4, 0.5) is 0 Å². The quantitative estimate of drug-likeness (QED) is 0.672. The van der Waals surface area contributed by atoms with Crippen LogP contribution in [0.25, 0.3) is 0 Å². The zero-order valence-electron chi connectivity index (χ0n) is 12.3. The Labute approximate surface area is 138 Å². The Balaban J connectivity index is 2.05. The van der Waals surface area contributed by atoms with Crippen molar-refractivity contribution in [2.24, 2.45) is 17.8 Å². The van der Waals surface area contributed by atoms with Crippen LogP contribution in [0, 0.1) is 21.3 Å². The van der Waals surface area contributed by atoms with Crippen molar-refractivity contribution in [3.05, 3.63) is 27.8 Å². The zero-order valence-corrected chi connectivity index (χ0v) is 15.3. The first-order valence-corrected chi connectivity index (χ1v) is 9.47. The monoisotopic (exact) mass is 406 g/mol. The van der Waals surface area contributed by atoms with E-state index in [0.717, 1.165) is 14.9 Å². The van der Waals surface area contributed by atoms with Crippen molar-refractivity contribution in [2.75, 3.05) is 0 Å².